The summed E-state index contributed by atoms with van der Waals surface area (Å²) in [6, 6.07) is 12.6. The van der Waals surface area contributed by atoms with Gasteiger partial charge in [-0.1, -0.05) is 49.6 Å². The largest absolute Gasteiger partial charge is 0.465 e. The molecule has 0 aromatic heterocycles. The van der Waals surface area contributed by atoms with Crippen LogP contribution >= 0.6 is 0 Å². The van der Waals surface area contributed by atoms with Crippen molar-refractivity contribution in [2.45, 2.75) is 50.0 Å². The third kappa shape index (κ3) is 4.07. The molecule has 0 amide bonds. The molecule has 1 aliphatic carbocycles. The number of hydrogen-bond donors (Lipinski definition) is 0. The average Bonchev–Trinajstić information content (AvgIpc) is 2.66. The highest BCUT2D eigenvalue weighted by Gasteiger charge is 2.34. The number of rotatable bonds is 6. The summed E-state index contributed by atoms with van der Waals surface area (Å²) in [5.41, 5.74) is 0. The van der Waals surface area contributed by atoms with Crippen molar-refractivity contribution in [3.8, 4) is 0 Å². The van der Waals surface area contributed by atoms with Crippen molar-refractivity contribution in [2.24, 2.45) is 0 Å². The topological polar surface area (TPSA) is 63.7 Å². The van der Waals surface area contributed by atoms with Crippen molar-refractivity contribution in [2.75, 3.05) is 13.2 Å². The molecule has 1 saturated carbocycles. The fourth-order valence-electron chi connectivity index (χ4n) is 3.58. The first-order valence-corrected chi connectivity index (χ1v) is 10.6. The summed E-state index contributed by atoms with van der Waals surface area (Å²) in [7, 11) is -3.77. The zero-order chi connectivity index (χ0) is 18.6. The van der Waals surface area contributed by atoms with Gasteiger partial charge in [0.15, 0.2) is 0 Å². The molecule has 0 aliphatic heterocycles. The number of esters is 1. The van der Waals surface area contributed by atoms with E-state index in [1.807, 2.05) is 30.3 Å². The smallest absolute Gasteiger partial charge is 0.321 e. The van der Waals surface area contributed by atoms with Crippen LogP contribution in [0.3, 0.4) is 0 Å². The first-order valence-electron chi connectivity index (χ1n) is 9.18. The Morgan fingerprint density at radius 3 is 2.46 bits per heavy atom. The summed E-state index contributed by atoms with van der Waals surface area (Å²) >= 11 is 0. The quantitative estimate of drug-likeness (QED) is 0.722. The summed E-state index contributed by atoms with van der Waals surface area (Å²) in [5, 5.41) is 1.86. The second-order valence-corrected chi connectivity index (χ2v) is 8.55. The van der Waals surface area contributed by atoms with Crippen molar-refractivity contribution in [3.05, 3.63) is 42.5 Å². The van der Waals surface area contributed by atoms with E-state index in [9.17, 15) is 13.2 Å². The number of carbonyl (C=O) groups is 1. The van der Waals surface area contributed by atoms with Gasteiger partial charge < -0.3 is 4.74 Å². The molecular weight excluding hydrogens is 350 g/mol. The summed E-state index contributed by atoms with van der Waals surface area (Å²) in [5.74, 6) is -0.498. The number of sulfonamides is 1. The lowest BCUT2D eigenvalue weighted by Gasteiger charge is -2.32. The van der Waals surface area contributed by atoms with Gasteiger partial charge in [0.2, 0.25) is 10.0 Å². The molecule has 3 rings (SSSR count). The molecule has 2 aromatic rings. The Hall–Kier alpha value is -1.92. The molecule has 1 aliphatic rings. The van der Waals surface area contributed by atoms with E-state index in [0.717, 1.165) is 42.9 Å². The standard InChI is InChI=1S/C20H25NO4S/c1-2-25-20(22)15-21(18-10-4-3-5-11-18)26(23,24)19-13-12-16-8-6-7-9-17(16)14-19/h6-9,12-14,18H,2-5,10-11,15H2,1H3. The summed E-state index contributed by atoms with van der Waals surface area (Å²) < 4.78 is 33.0. The number of hydrogen-bond acceptors (Lipinski definition) is 4. The van der Waals surface area contributed by atoms with Gasteiger partial charge >= 0.3 is 5.97 Å². The maximum atomic E-state index is 13.3. The van der Waals surface area contributed by atoms with Crippen LogP contribution in [-0.2, 0) is 19.6 Å². The fraction of sp³-hybridized carbons (Fsp3) is 0.450. The summed E-state index contributed by atoms with van der Waals surface area (Å²) in [6.45, 7) is 1.74. The second kappa shape index (κ2) is 8.18. The minimum Gasteiger partial charge on any atom is -0.465 e. The second-order valence-electron chi connectivity index (χ2n) is 6.66. The maximum absolute atomic E-state index is 13.3. The lowest BCUT2D eigenvalue weighted by Crippen LogP contribution is -2.44. The zero-order valence-electron chi connectivity index (χ0n) is 15.1. The molecule has 5 nitrogen and oxygen atoms in total. The molecule has 1 fully saturated rings. The van der Waals surface area contributed by atoms with Crippen molar-refractivity contribution < 1.29 is 17.9 Å². The highest BCUT2D eigenvalue weighted by Crippen LogP contribution is 2.29. The van der Waals surface area contributed by atoms with E-state index in [4.69, 9.17) is 4.74 Å². The Labute approximate surface area is 155 Å². The van der Waals surface area contributed by atoms with E-state index in [2.05, 4.69) is 0 Å². The van der Waals surface area contributed by atoms with Gasteiger partial charge in [0, 0.05) is 6.04 Å². The summed E-state index contributed by atoms with van der Waals surface area (Å²) in [4.78, 5) is 12.3. The highest BCUT2D eigenvalue weighted by atomic mass is 32.2. The Morgan fingerprint density at radius 1 is 1.08 bits per heavy atom. The number of nitrogens with zero attached hydrogens (tertiary/aromatic N) is 1. The predicted molar refractivity (Wildman–Crippen MR) is 101 cm³/mol. The van der Waals surface area contributed by atoms with Crippen molar-refractivity contribution in [1.29, 1.82) is 0 Å². The van der Waals surface area contributed by atoms with Crippen LogP contribution in [0.5, 0.6) is 0 Å². The van der Waals surface area contributed by atoms with Crippen LogP contribution < -0.4 is 0 Å². The molecule has 0 saturated heterocycles. The van der Waals surface area contributed by atoms with Crippen LogP contribution in [0.2, 0.25) is 0 Å². The van der Waals surface area contributed by atoms with Gasteiger partial charge in [-0.2, -0.15) is 4.31 Å². The molecular formula is C20H25NO4S. The van der Waals surface area contributed by atoms with E-state index in [0.29, 0.717) is 0 Å². The van der Waals surface area contributed by atoms with Crippen LogP contribution in [-0.4, -0.2) is 37.9 Å². The first-order chi connectivity index (χ1) is 12.5. The van der Waals surface area contributed by atoms with Crippen LogP contribution in [0.25, 0.3) is 10.8 Å². The Morgan fingerprint density at radius 2 is 1.77 bits per heavy atom. The highest BCUT2D eigenvalue weighted by molar-refractivity contribution is 7.89. The van der Waals surface area contributed by atoms with Gasteiger partial charge in [0.25, 0.3) is 0 Å². The molecule has 0 radical (unpaired) electrons. The third-order valence-electron chi connectivity index (χ3n) is 4.90. The SMILES string of the molecule is CCOC(=O)CN(C1CCCCC1)S(=O)(=O)c1ccc2ccccc2c1. The van der Waals surface area contributed by atoms with E-state index in [1.165, 1.54) is 4.31 Å². The van der Waals surface area contributed by atoms with E-state index >= 15 is 0 Å². The van der Waals surface area contributed by atoms with Crippen LogP contribution in [0.4, 0.5) is 0 Å². The number of carbonyl (C=O) groups excluding carboxylic acids is 1. The van der Waals surface area contributed by atoms with Gasteiger partial charge in [-0.3, -0.25) is 4.79 Å². The Balaban J connectivity index is 1.96. The van der Waals surface area contributed by atoms with Gasteiger partial charge in [0.1, 0.15) is 6.54 Å². The fourth-order valence-corrected chi connectivity index (χ4v) is 5.24. The normalized spacial score (nSPS) is 16.1. The monoisotopic (exact) mass is 375 g/mol. The van der Waals surface area contributed by atoms with Gasteiger partial charge in [-0.25, -0.2) is 8.42 Å². The lowest BCUT2D eigenvalue weighted by atomic mass is 9.95. The maximum Gasteiger partial charge on any atom is 0.321 e. The third-order valence-corrected chi connectivity index (χ3v) is 6.79. The molecule has 2 aromatic carbocycles. The van der Waals surface area contributed by atoms with Crippen molar-refractivity contribution in [1.82, 2.24) is 4.31 Å². The molecule has 26 heavy (non-hydrogen) atoms. The average molecular weight is 375 g/mol. The Bertz CT molecular complexity index is 872. The first kappa shape index (κ1) is 18.9. The van der Waals surface area contributed by atoms with Crippen LogP contribution in [0.1, 0.15) is 39.0 Å². The molecule has 0 spiro atoms. The predicted octanol–water partition coefficient (Wildman–Crippen LogP) is 3.73. The number of fused-ring (bicyclic) bond motifs is 1. The molecule has 140 valence electrons. The van der Waals surface area contributed by atoms with Gasteiger partial charge in [-0.15, -0.1) is 0 Å². The minimum atomic E-state index is -3.77. The van der Waals surface area contributed by atoms with Gasteiger partial charge in [0.05, 0.1) is 11.5 Å². The number of benzene rings is 2. The van der Waals surface area contributed by atoms with Crippen LogP contribution in [0.15, 0.2) is 47.4 Å². The molecule has 6 heteroatoms. The Kier molecular flexibility index (Phi) is 5.94. The van der Waals surface area contributed by atoms with E-state index < -0.39 is 16.0 Å². The summed E-state index contributed by atoms with van der Waals surface area (Å²) in [6.07, 6.45) is 4.65. The lowest BCUT2D eigenvalue weighted by molar-refractivity contribution is -0.143. The minimum absolute atomic E-state index is 0.148. The van der Waals surface area contributed by atoms with Crippen LogP contribution in [0, 0.1) is 0 Å². The zero-order valence-corrected chi connectivity index (χ0v) is 15.9. The molecule has 0 N–H and O–H groups in total. The van der Waals surface area contributed by atoms with Gasteiger partial charge in [-0.05, 0) is 42.7 Å². The number of ether oxygens (including phenoxy) is 1. The van der Waals surface area contributed by atoms with Crippen molar-refractivity contribution in [3.63, 3.8) is 0 Å². The molecule has 0 heterocycles. The molecule has 0 unspecified atom stereocenters. The molecule has 0 bridgehead atoms. The van der Waals surface area contributed by atoms with Crippen molar-refractivity contribution >= 4 is 26.8 Å². The van der Waals surface area contributed by atoms with E-state index in [1.54, 1.807) is 19.1 Å². The van der Waals surface area contributed by atoms with E-state index in [-0.39, 0.29) is 24.1 Å². The molecule has 0 atom stereocenters.